The lowest BCUT2D eigenvalue weighted by molar-refractivity contribution is 0.398. The number of halogens is 1. The van der Waals surface area contributed by atoms with Gasteiger partial charge in [-0.1, -0.05) is 11.6 Å². The summed E-state index contributed by atoms with van der Waals surface area (Å²) in [6, 6.07) is 0. The number of rotatable bonds is 5. The van der Waals surface area contributed by atoms with Crippen LogP contribution in [0, 0.1) is 6.92 Å². The molecule has 0 atom stereocenters. The number of hydrogen-bond acceptors (Lipinski definition) is 3. The Bertz CT molecular complexity index is 319. The predicted molar refractivity (Wildman–Crippen MR) is 63.2 cm³/mol. The maximum absolute atomic E-state index is 6.12. The Morgan fingerprint density at radius 1 is 1.47 bits per heavy atom. The largest absolute Gasteiger partial charge is 0.310 e. The average molecular weight is 231 g/mol. The van der Waals surface area contributed by atoms with Crippen LogP contribution in [0.5, 0.6) is 0 Å². The molecule has 0 aliphatic heterocycles. The van der Waals surface area contributed by atoms with E-state index in [1.807, 2.05) is 18.7 Å². The number of nitrogens with zero attached hydrogens (tertiary/aromatic N) is 3. The summed E-state index contributed by atoms with van der Waals surface area (Å²) < 4.78 is 1.83. The molecule has 0 aliphatic rings. The van der Waals surface area contributed by atoms with E-state index in [4.69, 9.17) is 11.6 Å². The molecule has 0 saturated carbocycles. The van der Waals surface area contributed by atoms with Gasteiger partial charge < -0.3 is 10.2 Å². The van der Waals surface area contributed by atoms with Crippen LogP contribution < -0.4 is 5.32 Å². The normalized spacial score (nSPS) is 11.3. The maximum Gasteiger partial charge on any atom is 0.0860 e. The number of hydrogen-bond donors (Lipinski definition) is 1. The van der Waals surface area contributed by atoms with Gasteiger partial charge in [-0.15, -0.1) is 0 Å². The fourth-order valence-electron chi connectivity index (χ4n) is 1.38. The van der Waals surface area contributed by atoms with Gasteiger partial charge in [0.1, 0.15) is 0 Å². The lowest BCUT2D eigenvalue weighted by atomic mass is 10.3. The fourth-order valence-corrected chi connectivity index (χ4v) is 1.61. The predicted octanol–water partition coefficient (Wildman–Crippen LogP) is 1.03. The molecule has 0 aliphatic carbocycles. The first kappa shape index (κ1) is 12.5. The minimum absolute atomic E-state index is 0.768. The molecule has 0 spiro atoms. The summed E-state index contributed by atoms with van der Waals surface area (Å²) in [5.74, 6) is 0. The second kappa shape index (κ2) is 5.49. The summed E-state index contributed by atoms with van der Waals surface area (Å²) in [5.41, 5.74) is 1.94. The van der Waals surface area contributed by atoms with Crippen LogP contribution in [0.25, 0.3) is 0 Å². The number of aryl methyl sites for hydroxylation is 2. The molecule has 4 nitrogen and oxygen atoms in total. The van der Waals surface area contributed by atoms with E-state index < -0.39 is 0 Å². The third-order valence-electron chi connectivity index (χ3n) is 2.29. The third-order valence-corrected chi connectivity index (χ3v) is 2.78. The van der Waals surface area contributed by atoms with E-state index in [-0.39, 0.29) is 0 Å². The molecule has 1 aromatic rings. The number of aromatic nitrogens is 2. The van der Waals surface area contributed by atoms with Crippen LogP contribution in [-0.4, -0.2) is 41.9 Å². The third kappa shape index (κ3) is 3.48. The first-order chi connectivity index (χ1) is 7.02. The smallest absolute Gasteiger partial charge is 0.0860 e. The highest BCUT2D eigenvalue weighted by atomic mass is 35.5. The van der Waals surface area contributed by atoms with Crippen molar-refractivity contribution < 1.29 is 0 Å². The monoisotopic (exact) mass is 230 g/mol. The van der Waals surface area contributed by atoms with Crippen LogP contribution in [0.15, 0.2) is 0 Å². The quantitative estimate of drug-likeness (QED) is 0.768. The highest BCUT2D eigenvalue weighted by Gasteiger charge is 2.09. The summed E-state index contributed by atoms with van der Waals surface area (Å²) in [4.78, 5) is 2.14. The lowest BCUT2D eigenvalue weighted by Gasteiger charge is -2.10. The van der Waals surface area contributed by atoms with Crippen molar-refractivity contribution >= 4 is 11.6 Å². The van der Waals surface area contributed by atoms with E-state index in [1.54, 1.807) is 0 Å². The molecule has 15 heavy (non-hydrogen) atoms. The van der Waals surface area contributed by atoms with Gasteiger partial charge in [0.25, 0.3) is 0 Å². The van der Waals surface area contributed by atoms with Gasteiger partial charge in [0.15, 0.2) is 0 Å². The van der Waals surface area contributed by atoms with Gasteiger partial charge in [0.05, 0.1) is 16.4 Å². The van der Waals surface area contributed by atoms with E-state index in [0.717, 1.165) is 36.0 Å². The molecule has 86 valence electrons. The van der Waals surface area contributed by atoms with Crippen molar-refractivity contribution in [1.82, 2.24) is 20.0 Å². The van der Waals surface area contributed by atoms with Crippen molar-refractivity contribution in [2.24, 2.45) is 7.05 Å². The molecule has 0 fully saturated rings. The van der Waals surface area contributed by atoms with Crippen LogP contribution in [0.3, 0.4) is 0 Å². The molecule has 1 rings (SSSR count). The van der Waals surface area contributed by atoms with Gasteiger partial charge in [0, 0.05) is 26.7 Å². The van der Waals surface area contributed by atoms with Crippen molar-refractivity contribution in [2.75, 3.05) is 27.2 Å². The van der Waals surface area contributed by atoms with E-state index in [9.17, 15) is 0 Å². The Morgan fingerprint density at radius 2 is 2.13 bits per heavy atom. The molecule has 1 aromatic heterocycles. The van der Waals surface area contributed by atoms with Gasteiger partial charge in [-0.2, -0.15) is 5.10 Å². The highest BCUT2D eigenvalue weighted by molar-refractivity contribution is 6.31. The van der Waals surface area contributed by atoms with Crippen LogP contribution in [0.1, 0.15) is 11.4 Å². The zero-order valence-corrected chi connectivity index (χ0v) is 10.6. The molecule has 1 N–H and O–H groups in total. The van der Waals surface area contributed by atoms with Gasteiger partial charge in [0.2, 0.25) is 0 Å². The topological polar surface area (TPSA) is 33.1 Å². The average Bonchev–Trinajstić information content (AvgIpc) is 2.37. The molecule has 0 bridgehead atoms. The Morgan fingerprint density at radius 3 is 2.60 bits per heavy atom. The Kier molecular flexibility index (Phi) is 4.57. The van der Waals surface area contributed by atoms with Gasteiger partial charge in [-0.05, 0) is 21.0 Å². The summed E-state index contributed by atoms with van der Waals surface area (Å²) in [6.07, 6.45) is 0. The van der Waals surface area contributed by atoms with E-state index in [0.29, 0.717) is 0 Å². The highest BCUT2D eigenvalue weighted by Crippen LogP contribution is 2.18. The van der Waals surface area contributed by atoms with E-state index in [1.165, 1.54) is 0 Å². The Hall–Kier alpha value is -0.580. The lowest BCUT2D eigenvalue weighted by Crippen LogP contribution is -2.26. The van der Waals surface area contributed by atoms with E-state index >= 15 is 0 Å². The molecule has 0 saturated heterocycles. The Balaban J connectivity index is 2.44. The molecular weight excluding hydrogens is 212 g/mol. The number of nitrogens with one attached hydrogen (secondary N) is 1. The molecule has 0 radical (unpaired) electrons. The van der Waals surface area contributed by atoms with Crippen LogP contribution in [0.4, 0.5) is 0 Å². The minimum Gasteiger partial charge on any atom is -0.310 e. The minimum atomic E-state index is 0.768. The summed E-state index contributed by atoms with van der Waals surface area (Å²) in [5, 5.41) is 8.37. The first-order valence-corrected chi connectivity index (χ1v) is 5.43. The van der Waals surface area contributed by atoms with Crippen LogP contribution in [-0.2, 0) is 13.6 Å². The van der Waals surface area contributed by atoms with Crippen molar-refractivity contribution in [2.45, 2.75) is 13.5 Å². The van der Waals surface area contributed by atoms with Crippen molar-refractivity contribution in [3.8, 4) is 0 Å². The van der Waals surface area contributed by atoms with Crippen molar-refractivity contribution in [3.63, 3.8) is 0 Å². The zero-order chi connectivity index (χ0) is 11.4. The van der Waals surface area contributed by atoms with Gasteiger partial charge in [-0.3, -0.25) is 4.68 Å². The second-order valence-corrected chi connectivity index (χ2v) is 4.33. The zero-order valence-electron chi connectivity index (χ0n) is 9.84. The first-order valence-electron chi connectivity index (χ1n) is 5.05. The molecular formula is C10H19ClN4. The SMILES string of the molecule is Cc1nn(C)c(CNCCN(C)C)c1Cl. The molecule has 0 aromatic carbocycles. The maximum atomic E-state index is 6.12. The molecule has 0 unspecified atom stereocenters. The van der Waals surface area contributed by atoms with Gasteiger partial charge in [-0.25, -0.2) is 0 Å². The van der Waals surface area contributed by atoms with Crippen molar-refractivity contribution in [1.29, 1.82) is 0 Å². The summed E-state index contributed by atoms with van der Waals surface area (Å²) in [6.45, 7) is 4.66. The standard InChI is InChI=1S/C10H19ClN4/c1-8-10(11)9(15(4)13-8)7-12-5-6-14(2)3/h12H,5-7H2,1-4H3. The summed E-state index contributed by atoms with van der Waals surface area (Å²) >= 11 is 6.12. The fraction of sp³-hybridized carbons (Fsp3) is 0.700. The van der Waals surface area contributed by atoms with Crippen molar-refractivity contribution in [3.05, 3.63) is 16.4 Å². The van der Waals surface area contributed by atoms with Crippen LogP contribution in [0.2, 0.25) is 5.02 Å². The summed E-state index contributed by atoms with van der Waals surface area (Å²) in [7, 11) is 6.04. The Labute approximate surface area is 96.2 Å². The molecule has 1 heterocycles. The second-order valence-electron chi connectivity index (χ2n) is 3.95. The molecule has 0 amide bonds. The van der Waals surface area contributed by atoms with Gasteiger partial charge >= 0.3 is 0 Å². The number of likely N-dealkylation sites (N-methyl/N-ethyl adjacent to an activating group) is 1. The molecule has 5 heteroatoms. The van der Waals surface area contributed by atoms with E-state index in [2.05, 4.69) is 29.4 Å². The van der Waals surface area contributed by atoms with Crippen LogP contribution >= 0.6 is 11.6 Å².